The van der Waals surface area contributed by atoms with Crippen molar-refractivity contribution in [2.45, 2.75) is 39.5 Å². The first kappa shape index (κ1) is 11.4. The molecule has 1 saturated carbocycles. The van der Waals surface area contributed by atoms with E-state index in [-0.39, 0.29) is 0 Å². The Hall–Kier alpha value is 0.310. The van der Waals surface area contributed by atoms with Gasteiger partial charge in [-0.3, -0.25) is 0 Å². The van der Waals surface area contributed by atoms with Gasteiger partial charge in [0.05, 0.1) is 13.2 Å². The van der Waals surface area contributed by atoms with Gasteiger partial charge in [0.1, 0.15) is 0 Å². The smallest absolute Gasteiger partial charge is 0.0556 e. The highest BCUT2D eigenvalue weighted by Gasteiger charge is 2.34. The molecule has 1 rings (SSSR count). The highest BCUT2D eigenvalue weighted by molar-refractivity contribution is 7.99. The van der Waals surface area contributed by atoms with Gasteiger partial charge in [0.2, 0.25) is 0 Å². The number of hydrogen-bond donors (Lipinski definition) is 0. The lowest BCUT2D eigenvalue weighted by molar-refractivity contribution is -0.00317. The third kappa shape index (κ3) is 3.51. The maximum Gasteiger partial charge on any atom is 0.0556 e. The third-order valence-electron chi connectivity index (χ3n) is 3.15. The molecular formula is C11H22OS. The molecule has 0 bridgehead atoms. The maximum absolute atomic E-state index is 5.71. The fourth-order valence-electron chi connectivity index (χ4n) is 1.83. The summed E-state index contributed by atoms with van der Waals surface area (Å²) < 4.78 is 5.71. The van der Waals surface area contributed by atoms with Crippen molar-refractivity contribution >= 4 is 11.8 Å². The van der Waals surface area contributed by atoms with Crippen molar-refractivity contribution in [3.63, 3.8) is 0 Å². The molecule has 0 atom stereocenters. The standard InChI is InChI=1S/C11H22OS/c1-3-11(6-5-7-11)10-12-8-9-13-4-2/h3-10H2,1-2H3. The van der Waals surface area contributed by atoms with Gasteiger partial charge < -0.3 is 4.74 Å². The van der Waals surface area contributed by atoms with E-state index < -0.39 is 0 Å². The maximum atomic E-state index is 5.71. The molecule has 1 nitrogen and oxygen atoms in total. The number of hydrogen-bond acceptors (Lipinski definition) is 2. The van der Waals surface area contributed by atoms with Crippen LogP contribution in [-0.4, -0.2) is 24.7 Å². The predicted molar refractivity (Wildman–Crippen MR) is 60.4 cm³/mol. The molecule has 1 fully saturated rings. The highest BCUT2D eigenvalue weighted by atomic mass is 32.2. The van der Waals surface area contributed by atoms with Gasteiger partial charge in [-0.2, -0.15) is 11.8 Å². The van der Waals surface area contributed by atoms with Crippen LogP contribution in [0.4, 0.5) is 0 Å². The third-order valence-corrected chi connectivity index (χ3v) is 4.01. The van der Waals surface area contributed by atoms with E-state index >= 15 is 0 Å². The Morgan fingerprint density at radius 3 is 2.54 bits per heavy atom. The van der Waals surface area contributed by atoms with E-state index in [4.69, 9.17) is 4.74 Å². The molecule has 0 unspecified atom stereocenters. The Kier molecular flexibility index (Phi) is 5.18. The molecule has 1 aliphatic rings. The van der Waals surface area contributed by atoms with E-state index in [1.54, 1.807) is 0 Å². The van der Waals surface area contributed by atoms with Gasteiger partial charge in [0, 0.05) is 5.75 Å². The Bertz CT molecular complexity index is 127. The normalized spacial score (nSPS) is 19.8. The zero-order valence-electron chi connectivity index (χ0n) is 8.97. The number of thioether (sulfide) groups is 1. The first-order chi connectivity index (χ1) is 6.33. The second kappa shape index (κ2) is 5.92. The van der Waals surface area contributed by atoms with Gasteiger partial charge in [0.15, 0.2) is 0 Å². The first-order valence-corrected chi connectivity index (χ1v) is 6.64. The van der Waals surface area contributed by atoms with Crippen molar-refractivity contribution in [3.05, 3.63) is 0 Å². The first-order valence-electron chi connectivity index (χ1n) is 5.48. The molecule has 1 aliphatic carbocycles. The van der Waals surface area contributed by atoms with Crippen LogP contribution in [0.1, 0.15) is 39.5 Å². The molecule has 0 aromatic heterocycles. The summed E-state index contributed by atoms with van der Waals surface area (Å²) >= 11 is 1.97. The van der Waals surface area contributed by atoms with Crippen LogP contribution in [0, 0.1) is 5.41 Å². The van der Waals surface area contributed by atoms with E-state index in [1.165, 1.54) is 31.4 Å². The lowest BCUT2D eigenvalue weighted by Crippen LogP contribution is -2.33. The summed E-state index contributed by atoms with van der Waals surface area (Å²) in [5.74, 6) is 2.37. The molecule has 0 spiro atoms. The Morgan fingerprint density at radius 2 is 2.08 bits per heavy atom. The molecule has 2 heteroatoms. The second-order valence-electron chi connectivity index (χ2n) is 3.96. The van der Waals surface area contributed by atoms with E-state index in [0.29, 0.717) is 5.41 Å². The van der Waals surface area contributed by atoms with Crippen molar-refractivity contribution in [3.8, 4) is 0 Å². The number of rotatable bonds is 7. The Labute approximate surface area is 86.6 Å². The molecule has 13 heavy (non-hydrogen) atoms. The molecule has 0 N–H and O–H groups in total. The summed E-state index contributed by atoms with van der Waals surface area (Å²) in [7, 11) is 0. The monoisotopic (exact) mass is 202 g/mol. The SMILES string of the molecule is CCSCCOCC1(CC)CCC1. The minimum atomic E-state index is 0.580. The van der Waals surface area contributed by atoms with Crippen LogP contribution in [0.3, 0.4) is 0 Å². The summed E-state index contributed by atoms with van der Waals surface area (Å²) in [6, 6.07) is 0. The van der Waals surface area contributed by atoms with E-state index in [0.717, 1.165) is 19.0 Å². The van der Waals surface area contributed by atoms with Crippen LogP contribution in [0.15, 0.2) is 0 Å². The largest absolute Gasteiger partial charge is 0.380 e. The predicted octanol–water partition coefficient (Wildman–Crippen LogP) is 3.34. The minimum Gasteiger partial charge on any atom is -0.380 e. The molecule has 0 radical (unpaired) electrons. The summed E-state index contributed by atoms with van der Waals surface area (Å²) in [6.45, 7) is 6.45. The van der Waals surface area contributed by atoms with Crippen LogP contribution in [0.25, 0.3) is 0 Å². The van der Waals surface area contributed by atoms with E-state index in [9.17, 15) is 0 Å². The molecule has 0 aliphatic heterocycles. The van der Waals surface area contributed by atoms with Crippen LogP contribution in [0.5, 0.6) is 0 Å². The van der Waals surface area contributed by atoms with Gasteiger partial charge in [-0.15, -0.1) is 0 Å². The number of ether oxygens (including phenoxy) is 1. The molecule has 0 heterocycles. The Morgan fingerprint density at radius 1 is 1.31 bits per heavy atom. The summed E-state index contributed by atoms with van der Waals surface area (Å²) in [5.41, 5.74) is 0.580. The molecule has 0 aromatic rings. The minimum absolute atomic E-state index is 0.580. The zero-order valence-corrected chi connectivity index (χ0v) is 9.79. The molecular weight excluding hydrogens is 180 g/mol. The fourth-order valence-corrected chi connectivity index (χ4v) is 2.35. The topological polar surface area (TPSA) is 9.23 Å². The van der Waals surface area contributed by atoms with Crippen LogP contribution in [-0.2, 0) is 4.74 Å². The molecule has 0 saturated heterocycles. The van der Waals surface area contributed by atoms with Crippen molar-refractivity contribution in [1.29, 1.82) is 0 Å². The van der Waals surface area contributed by atoms with Crippen molar-refractivity contribution in [1.82, 2.24) is 0 Å². The summed E-state index contributed by atoms with van der Waals surface area (Å²) in [6.07, 6.45) is 5.50. The van der Waals surface area contributed by atoms with Gasteiger partial charge in [-0.1, -0.05) is 20.3 Å². The van der Waals surface area contributed by atoms with Crippen molar-refractivity contribution in [2.24, 2.45) is 5.41 Å². The van der Waals surface area contributed by atoms with E-state index in [2.05, 4.69) is 13.8 Å². The Balaban J connectivity index is 1.98. The molecule has 0 aromatic carbocycles. The lowest BCUT2D eigenvalue weighted by atomic mass is 9.68. The van der Waals surface area contributed by atoms with Crippen LogP contribution >= 0.6 is 11.8 Å². The molecule has 0 amide bonds. The quantitative estimate of drug-likeness (QED) is 0.586. The van der Waals surface area contributed by atoms with E-state index in [1.807, 2.05) is 11.8 Å². The van der Waals surface area contributed by atoms with Gasteiger partial charge in [0.25, 0.3) is 0 Å². The van der Waals surface area contributed by atoms with Gasteiger partial charge >= 0.3 is 0 Å². The van der Waals surface area contributed by atoms with Crippen LogP contribution in [0.2, 0.25) is 0 Å². The van der Waals surface area contributed by atoms with Crippen molar-refractivity contribution < 1.29 is 4.74 Å². The van der Waals surface area contributed by atoms with Gasteiger partial charge in [-0.25, -0.2) is 0 Å². The summed E-state index contributed by atoms with van der Waals surface area (Å²) in [5, 5.41) is 0. The van der Waals surface area contributed by atoms with Crippen molar-refractivity contribution in [2.75, 3.05) is 24.7 Å². The molecule has 78 valence electrons. The average molecular weight is 202 g/mol. The summed E-state index contributed by atoms with van der Waals surface area (Å²) in [4.78, 5) is 0. The second-order valence-corrected chi connectivity index (χ2v) is 5.35. The lowest BCUT2D eigenvalue weighted by Gasteiger charge is -2.40. The zero-order chi connectivity index (χ0) is 9.57. The highest BCUT2D eigenvalue weighted by Crippen LogP contribution is 2.43. The van der Waals surface area contributed by atoms with Gasteiger partial charge in [-0.05, 0) is 30.4 Å². The average Bonchev–Trinajstić information content (AvgIpc) is 2.09. The van der Waals surface area contributed by atoms with Crippen LogP contribution < -0.4 is 0 Å². The fraction of sp³-hybridized carbons (Fsp3) is 1.00.